The second kappa shape index (κ2) is 4.11. The monoisotopic (exact) mass is 248 g/mol. The molecule has 0 saturated heterocycles. The molecule has 0 aliphatic carbocycles. The number of aromatic amines is 1. The predicted molar refractivity (Wildman–Crippen MR) is 70.9 cm³/mol. The zero-order valence-corrected chi connectivity index (χ0v) is 11.6. The maximum absolute atomic E-state index is 11.6. The third-order valence-electron chi connectivity index (χ3n) is 2.93. The Hall–Kier alpha value is -1.42. The van der Waals surface area contributed by atoms with Gasteiger partial charge in [0, 0.05) is 16.1 Å². The van der Waals surface area contributed by atoms with E-state index in [1.807, 2.05) is 20.8 Å². The second-order valence-electron chi connectivity index (χ2n) is 4.32. The van der Waals surface area contributed by atoms with Gasteiger partial charge in [0.1, 0.15) is 5.69 Å². The number of thiazole rings is 1. The van der Waals surface area contributed by atoms with Crippen LogP contribution in [0, 0.1) is 27.7 Å². The standard InChI is InChI=1S/C13H16N2OS/c1-6-11(8(3)16)7(2)14-12(6)13-9(4)17-10(5)15-13/h14H,1-5H3. The van der Waals surface area contributed by atoms with Crippen molar-refractivity contribution in [2.24, 2.45) is 0 Å². The summed E-state index contributed by atoms with van der Waals surface area (Å²) in [6.07, 6.45) is 0. The summed E-state index contributed by atoms with van der Waals surface area (Å²) in [6.45, 7) is 9.57. The van der Waals surface area contributed by atoms with E-state index in [9.17, 15) is 4.79 Å². The molecular weight excluding hydrogens is 232 g/mol. The fourth-order valence-electron chi connectivity index (χ4n) is 2.28. The molecule has 0 aromatic carbocycles. The van der Waals surface area contributed by atoms with E-state index in [1.54, 1.807) is 18.3 Å². The molecule has 2 heterocycles. The minimum Gasteiger partial charge on any atom is -0.356 e. The lowest BCUT2D eigenvalue weighted by Gasteiger charge is -1.98. The number of nitrogens with one attached hydrogen (secondary N) is 1. The van der Waals surface area contributed by atoms with Crippen molar-refractivity contribution in [3.63, 3.8) is 0 Å². The van der Waals surface area contributed by atoms with E-state index >= 15 is 0 Å². The van der Waals surface area contributed by atoms with Crippen LogP contribution in [0.25, 0.3) is 11.4 Å². The lowest BCUT2D eigenvalue weighted by atomic mass is 10.1. The van der Waals surface area contributed by atoms with E-state index in [4.69, 9.17) is 0 Å². The summed E-state index contributed by atoms with van der Waals surface area (Å²) in [4.78, 5) is 20.6. The summed E-state index contributed by atoms with van der Waals surface area (Å²) >= 11 is 1.68. The van der Waals surface area contributed by atoms with Crippen LogP contribution in [0.15, 0.2) is 0 Å². The number of nitrogens with zero attached hydrogens (tertiary/aromatic N) is 1. The van der Waals surface area contributed by atoms with E-state index in [-0.39, 0.29) is 5.78 Å². The van der Waals surface area contributed by atoms with Gasteiger partial charge in [0.05, 0.1) is 10.7 Å². The quantitative estimate of drug-likeness (QED) is 0.826. The molecule has 0 unspecified atom stereocenters. The van der Waals surface area contributed by atoms with Crippen LogP contribution in [0.3, 0.4) is 0 Å². The van der Waals surface area contributed by atoms with Crippen molar-refractivity contribution >= 4 is 17.1 Å². The molecule has 0 aliphatic heterocycles. The highest BCUT2D eigenvalue weighted by Crippen LogP contribution is 2.31. The summed E-state index contributed by atoms with van der Waals surface area (Å²) in [5.74, 6) is 0.104. The number of carbonyl (C=O) groups excluding carboxylic acids is 1. The molecule has 0 atom stereocenters. The maximum Gasteiger partial charge on any atom is 0.161 e. The van der Waals surface area contributed by atoms with Crippen molar-refractivity contribution in [3.05, 3.63) is 26.7 Å². The Morgan fingerprint density at radius 1 is 1.24 bits per heavy atom. The molecule has 0 aliphatic rings. The summed E-state index contributed by atoms with van der Waals surface area (Å²) in [5, 5.41) is 1.05. The molecule has 0 amide bonds. The van der Waals surface area contributed by atoms with Gasteiger partial charge in [-0.15, -0.1) is 11.3 Å². The van der Waals surface area contributed by atoms with Crippen LogP contribution < -0.4 is 0 Å². The molecule has 1 N–H and O–H groups in total. The number of aryl methyl sites for hydroxylation is 3. The Bertz CT molecular complexity index is 593. The van der Waals surface area contributed by atoms with Crippen LogP contribution in [0.5, 0.6) is 0 Å². The molecular formula is C13H16N2OS. The predicted octanol–water partition coefficient (Wildman–Crippen LogP) is 3.57. The molecule has 17 heavy (non-hydrogen) atoms. The summed E-state index contributed by atoms with van der Waals surface area (Å²) in [7, 11) is 0. The molecule has 2 rings (SSSR count). The van der Waals surface area contributed by atoms with Gasteiger partial charge in [-0.1, -0.05) is 0 Å². The van der Waals surface area contributed by atoms with Crippen LogP contribution in [0.4, 0.5) is 0 Å². The van der Waals surface area contributed by atoms with Crippen molar-refractivity contribution in [1.82, 2.24) is 9.97 Å². The molecule has 0 saturated carbocycles. The Balaban J connectivity index is 2.65. The van der Waals surface area contributed by atoms with Gasteiger partial charge in [-0.05, 0) is 40.2 Å². The lowest BCUT2D eigenvalue weighted by Crippen LogP contribution is -1.95. The average Bonchev–Trinajstić information content (AvgIpc) is 2.67. The van der Waals surface area contributed by atoms with E-state index in [1.165, 1.54) is 4.88 Å². The first-order valence-electron chi connectivity index (χ1n) is 5.56. The highest BCUT2D eigenvalue weighted by atomic mass is 32.1. The Labute approximate surface area is 105 Å². The minimum absolute atomic E-state index is 0.104. The Morgan fingerprint density at radius 3 is 2.29 bits per heavy atom. The van der Waals surface area contributed by atoms with Crippen LogP contribution in [-0.2, 0) is 0 Å². The number of H-pyrrole nitrogens is 1. The van der Waals surface area contributed by atoms with Crippen LogP contribution in [0.1, 0.15) is 38.4 Å². The van der Waals surface area contributed by atoms with Gasteiger partial charge >= 0.3 is 0 Å². The number of carbonyl (C=O) groups is 1. The van der Waals surface area contributed by atoms with Gasteiger partial charge in [0.25, 0.3) is 0 Å². The fourth-order valence-corrected chi connectivity index (χ4v) is 3.10. The van der Waals surface area contributed by atoms with Crippen molar-refractivity contribution < 1.29 is 4.79 Å². The number of rotatable bonds is 2. The third kappa shape index (κ3) is 1.93. The molecule has 0 spiro atoms. The topological polar surface area (TPSA) is 45.8 Å². The van der Waals surface area contributed by atoms with E-state index in [0.29, 0.717) is 0 Å². The van der Waals surface area contributed by atoms with Crippen LogP contribution >= 0.6 is 11.3 Å². The SMILES string of the molecule is CC(=O)c1c(C)[nH]c(-c2nc(C)sc2C)c1C. The molecule has 0 fully saturated rings. The lowest BCUT2D eigenvalue weighted by molar-refractivity contribution is 0.101. The number of Topliss-reactive ketones (excluding diaryl/α,β-unsaturated/α-hetero) is 1. The smallest absolute Gasteiger partial charge is 0.161 e. The Morgan fingerprint density at radius 2 is 1.88 bits per heavy atom. The summed E-state index contributed by atoms with van der Waals surface area (Å²) in [6, 6.07) is 0. The van der Waals surface area contributed by atoms with Crippen LogP contribution in [-0.4, -0.2) is 15.8 Å². The average molecular weight is 248 g/mol. The van der Waals surface area contributed by atoms with Crippen LogP contribution in [0.2, 0.25) is 0 Å². The highest BCUT2D eigenvalue weighted by Gasteiger charge is 2.19. The van der Waals surface area contributed by atoms with E-state index in [0.717, 1.165) is 33.2 Å². The van der Waals surface area contributed by atoms with Gasteiger partial charge in [0.2, 0.25) is 0 Å². The first-order chi connectivity index (χ1) is 7.91. The summed E-state index contributed by atoms with van der Waals surface area (Å²) in [5.41, 5.74) is 4.68. The molecule has 90 valence electrons. The maximum atomic E-state index is 11.6. The Kier molecular flexibility index (Phi) is 2.91. The molecule has 0 bridgehead atoms. The highest BCUT2D eigenvalue weighted by molar-refractivity contribution is 7.11. The third-order valence-corrected chi connectivity index (χ3v) is 3.82. The van der Waals surface area contributed by atoms with E-state index < -0.39 is 0 Å². The van der Waals surface area contributed by atoms with Crippen molar-refractivity contribution in [1.29, 1.82) is 0 Å². The molecule has 4 heteroatoms. The summed E-state index contributed by atoms with van der Waals surface area (Å²) < 4.78 is 0. The second-order valence-corrected chi connectivity index (χ2v) is 5.73. The number of ketones is 1. The van der Waals surface area contributed by atoms with E-state index in [2.05, 4.69) is 16.9 Å². The zero-order chi connectivity index (χ0) is 12.7. The van der Waals surface area contributed by atoms with Gasteiger partial charge in [-0.3, -0.25) is 4.79 Å². The number of hydrogen-bond acceptors (Lipinski definition) is 3. The first-order valence-corrected chi connectivity index (χ1v) is 6.38. The van der Waals surface area contributed by atoms with Crippen molar-refractivity contribution in [2.45, 2.75) is 34.6 Å². The molecule has 3 nitrogen and oxygen atoms in total. The number of hydrogen-bond donors (Lipinski definition) is 1. The van der Waals surface area contributed by atoms with Gasteiger partial charge < -0.3 is 4.98 Å². The van der Waals surface area contributed by atoms with Gasteiger partial charge in [-0.25, -0.2) is 4.98 Å². The first kappa shape index (κ1) is 12.0. The minimum atomic E-state index is 0.104. The van der Waals surface area contributed by atoms with Crippen molar-refractivity contribution in [2.75, 3.05) is 0 Å². The fraction of sp³-hybridized carbons (Fsp3) is 0.385. The molecule has 2 aromatic heterocycles. The zero-order valence-electron chi connectivity index (χ0n) is 10.8. The molecule has 0 radical (unpaired) electrons. The number of aromatic nitrogens is 2. The van der Waals surface area contributed by atoms with Gasteiger partial charge in [-0.2, -0.15) is 0 Å². The largest absolute Gasteiger partial charge is 0.356 e. The van der Waals surface area contributed by atoms with Crippen molar-refractivity contribution in [3.8, 4) is 11.4 Å². The normalized spacial score (nSPS) is 10.9. The van der Waals surface area contributed by atoms with Gasteiger partial charge in [0.15, 0.2) is 5.78 Å². The molecule has 2 aromatic rings.